The van der Waals surface area contributed by atoms with Gasteiger partial charge in [-0.15, -0.1) is 0 Å². The number of likely N-dealkylation sites (tertiary alicyclic amines) is 1. The lowest BCUT2D eigenvalue weighted by Gasteiger charge is -2.14. The van der Waals surface area contributed by atoms with Gasteiger partial charge in [-0.2, -0.15) is 4.37 Å². The second-order valence-electron chi connectivity index (χ2n) is 3.91. The van der Waals surface area contributed by atoms with Crippen LogP contribution in [0.3, 0.4) is 0 Å². The van der Waals surface area contributed by atoms with Crippen molar-refractivity contribution in [1.29, 1.82) is 0 Å². The van der Waals surface area contributed by atoms with Crippen LogP contribution < -0.4 is 15.8 Å². The van der Waals surface area contributed by atoms with Gasteiger partial charge in [0.05, 0.1) is 7.11 Å². The third kappa shape index (κ3) is 2.56. The van der Waals surface area contributed by atoms with Gasteiger partial charge in [0.25, 0.3) is 0 Å². The molecule has 16 heavy (non-hydrogen) atoms. The minimum absolute atomic E-state index is 0.469. The average molecular weight is 242 g/mol. The van der Waals surface area contributed by atoms with Crippen LogP contribution in [0.15, 0.2) is 0 Å². The molecule has 1 aliphatic heterocycles. The van der Waals surface area contributed by atoms with E-state index in [1.165, 1.54) is 37.5 Å². The molecular weight excluding hydrogens is 224 g/mol. The molecule has 0 radical (unpaired) electrons. The van der Waals surface area contributed by atoms with Gasteiger partial charge < -0.3 is 20.7 Å². The van der Waals surface area contributed by atoms with Crippen LogP contribution in [0.2, 0.25) is 0 Å². The average Bonchev–Trinajstić information content (AvgIpc) is 2.89. The first-order valence-electron chi connectivity index (χ1n) is 5.56. The lowest BCUT2D eigenvalue weighted by atomic mass is 10.4. The number of nitrogens with one attached hydrogen (secondary N) is 1. The highest BCUT2D eigenvalue weighted by molar-refractivity contribution is 7.11. The Hall–Kier alpha value is -1.01. The highest BCUT2D eigenvalue weighted by atomic mass is 32.1. The monoisotopic (exact) mass is 242 g/mol. The number of anilines is 2. The summed E-state index contributed by atoms with van der Waals surface area (Å²) in [6, 6.07) is 0. The Morgan fingerprint density at radius 2 is 2.25 bits per heavy atom. The molecule has 1 saturated heterocycles. The molecule has 0 bridgehead atoms. The van der Waals surface area contributed by atoms with E-state index in [0.29, 0.717) is 11.6 Å². The number of aromatic nitrogens is 1. The number of methoxy groups -OCH3 is 1. The predicted octanol–water partition coefficient (Wildman–Crippen LogP) is 1.24. The van der Waals surface area contributed by atoms with Crippen LogP contribution in [0.5, 0.6) is 5.75 Å². The maximum Gasteiger partial charge on any atom is 0.197 e. The van der Waals surface area contributed by atoms with Crippen molar-refractivity contribution < 1.29 is 4.74 Å². The molecule has 0 atom stereocenters. The van der Waals surface area contributed by atoms with E-state index in [1.807, 2.05) is 0 Å². The van der Waals surface area contributed by atoms with Gasteiger partial charge in [0.15, 0.2) is 16.6 Å². The van der Waals surface area contributed by atoms with E-state index in [0.717, 1.165) is 18.1 Å². The molecule has 1 aromatic heterocycles. The molecule has 1 aromatic rings. The summed E-state index contributed by atoms with van der Waals surface area (Å²) in [5, 5.41) is 4.25. The Morgan fingerprint density at radius 3 is 2.94 bits per heavy atom. The molecule has 0 amide bonds. The summed E-state index contributed by atoms with van der Waals surface area (Å²) >= 11 is 1.35. The minimum atomic E-state index is 0.469. The van der Waals surface area contributed by atoms with Crippen LogP contribution in [0.25, 0.3) is 0 Å². The molecular formula is C10H18N4OS. The largest absolute Gasteiger partial charge is 0.490 e. The fourth-order valence-electron chi connectivity index (χ4n) is 1.94. The molecule has 90 valence electrons. The highest BCUT2D eigenvalue weighted by Crippen LogP contribution is 2.34. The summed E-state index contributed by atoms with van der Waals surface area (Å²) < 4.78 is 9.24. The van der Waals surface area contributed by atoms with Crippen molar-refractivity contribution in [1.82, 2.24) is 9.27 Å². The number of nitrogens with two attached hydrogens (primary N) is 1. The third-order valence-electron chi connectivity index (χ3n) is 2.79. The molecule has 5 nitrogen and oxygen atoms in total. The number of nitrogen functional groups attached to an aromatic ring is 1. The summed E-state index contributed by atoms with van der Waals surface area (Å²) in [7, 11) is 1.62. The summed E-state index contributed by atoms with van der Waals surface area (Å²) in [4.78, 5) is 2.46. The van der Waals surface area contributed by atoms with Gasteiger partial charge in [-0.25, -0.2) is 0 Å². The van der Waals surface area contributed by atoms with Crippen molar-refractivity contribution in [2.24, 2.45) is 0 Å². The first-order chi connectivity index (χ1) is 7.81. The maximum absolute atomic E-state index is 5.67. The van der Waals surface area contributed by atoms with Crippen LogP contribution in [0.4, 0.5) is 10.8 Å². The van der Waals surface area contributed by atoms with Gasteiger partial charge >= 0.3 is 0 Å². The van der Waals surface area contributed by atoms with E-state index < -0.39 is 0 Å². The summed E-state index contributed by atoms with van der Waals surface area (Å²) in [6.45, 7) is 4.44. The second-order valence-corrected chi connectivity index (χ2v) is 4.68. The van der Waals surface area contributed by atoms with Crippen LogP contribution in [-0.2, 0) is 0 Å². The zero-order valence-electron chi connectivity index (χ0n) is 9.53. The van der Waals surface area contributed by atoms with Crippen LogP contribution in [-0.4, -0.2) is 42.6 Å². The lowest BCUT2D eigenvalue weighted by Crippen LogP contribution is -2.25. The first kappa shape index (κ1) is 11.5. The van der Waals surface area contributed by atoms with E-state index in [4.69, 9.17) is 10.5 Å². The Kier molecular flexibility index (Phi) is 3.84. The van der Waals surface area contributed by atoms with Crippen molar-refractivity contribution in [3.8, 4) is 5.75 Å². The first-order valence-corrected chi connectivity index (χ1v) is 6.34. The maximum atomic E-state index is 5.67. The number of ether oxygens (including phenoxy) is 1. The molecule has 1 aliphatic rings. The molecule has 0 unspecified atom stereocenters. The Bertz CT molecular complexity index is 336. The van der Waals surface area contributed by atoms with E-state index in [1.54, 1.807) is 7.11 Å². The summed E-state index contributed by atoms with van der Waals surface area (Å²) in [5.74, 6) is 1.14. The standard InChI is InChI=1S/C10H18N4OS/c1-15-8-9(11)13-16-10(8)12-4-7-14-5-2-3-6-14/h12H,2-7H2,1H3,(H2,11,13). The van der Waals surface area contributed by atoms with Crippen molar-refractivity contribution >= 4 is 22.4 Å². The molecule has 0 spiro atoms. The van der Waals surface area contributed by atoms with Crippen molar-refractivity contribution in [3.63, 3.8) is 0 Å². The van der Waals surface area contributed by atoms with E-state index in [9.17, 15) is 0 Å². The van der Waals surface area contributed by atoms with Crippen molar-refractivity contribution in [2.45, 2.75) is 12.8 Å². The van der Waals surface area contributed by atoms with E-state index in [2.05, 4.69) is 14.6 Å². The zero-order valence-corrected chi connectivity index (χ0v) is 10.3. The SMILES string of the molecule is COc1c(N)nsc1NCCN1CCCC1. The molecule has 0 aliphatic carbocycles. The quantitative estimate of drug-likeness (QED) is 0.813. The zero-order chi connectivity index (χ0) is 11.4. The van der Waals surface area contributed by atoms with Crippen LogP contribution >= 0.6 is 11.5 Å². The van der Waals surface area contributed by atoms with Crippen LogP contribution in [0.1, 0.15) is 12.8 Å². The van der Waals surface area contributed by atoms with E-state index in [-0.39, 0.29) is 0 Å². The fourth-order valence-corrected chi connectivity index (χ4v) is 2.65. The molecule has 6 heteroatoms. The summed E-state index contributed by atoms with van der Waals surface area (Å²) in [6.07, 6.45) is 2.66. The van der Waals surface area contributed by atoms with Gasteiger partial charge in [0.1, 0.15) is 0 Å². The number of rotatable bonds is 5. The van der Waals surface area contributed by atoms with Gasteiger partial charge in [0, 0.05) is 13.1 Å². The predicted molar refractivity (Wildman–Crippen MR) is 67.2 cm³/mol. The molecule has 2 heterocycles. The second kappa shape index (κ2) is 5.36. The highest BCUT2D eigenvalue weighted by Gasteiger charge is 2.13. The van der Waals surface area contributed by atoms with Crippen molar-refractivity contribution in [2.75, 3.05) is 44.3 Å². The Balaban J connectivity index is 1.79. The minimum Gasteiger partial charge on any atom is -0.490 e. The molecule has 2 rings (SSSR count). The summed E-state index contributed by atoms with van der Waals surface area (Å²) in [5.41, 5.74) is 5.67. The third-order valence-corrected chi connectivity index (χ3v) is 3.59. The van der Waals surface area contributed by atoms with Crippen LogP contribution in [0, 0.1) is 0 Å². The smallest absolute Gasteiger partial charge is 0.197 e. The van der Waals surface area contributed by atoms with Crippen molar-refractivity contribution in [3.05, 3.63) is 0 Å². The lowest BCUT2D eigenvalue weighted by molar-refractivity contribution is 0.352. The Labute approximate surface area is 99.7 Å². The topological polar surface area (TPSA) is 63.4 Å². The van der Waals surface area contributed by atoms with Gasteiger partial charge in [-0.3, -0.25) is 0 Å². The normalized spacial score (nSPS) is 16.6. The number of hydrogen-bond acceptors (Lipinski definition) is 6. The van der Waals surface area contributed by atoms with E-state index >= 15 is 0 Å². The number of nitrogens with zero attached hydrogens (tertiary/aromatic N) is 2. The molecule has 3 N–H and O–H groups in total. The molecule has 0 aromatic carbocycles. The molecule has 0 saturated carbocycles. The van der Waals surface area contributed by atoms with Gasteiger partial charge in [-0.05, 0) is 37.5 Å². The van der Waals surface area contributed by atoms with Gasteiger partial charge in [-0.1, -0.05) is 0 Å². The van der Waals surface area contributed by atoms with Gasteiger partial charge in [0.2, 0.25) is 0 Å². The fraction of sp³-hybridized carbons (Fsp3) is 0.700. The molecule has 1 fully saturated rings. The Morgan fingerprint density at radius 1 is 1.50 bits per heavy atom. The number of hydrogen-bond donors (Lipinski definition) is 2.